The molecule has 2 heterocycles. The molecule has 0 saturated carbocycles. The molecule has 5 nitrogen and oxygen atoms in total. The number of rotatable bonds is 2. The highest BCUT2D eigenvalue weighted by Crippen LogP contribution is 2.32. The Morgan fingerprint density at radius 3 is 2.50 bits per heavy atom. The molecule has 98 valence electrons. The Morgan fingerprint density at radius 1 is 1.33 bits per heavy atom. The van der Waals surface area contributed by atoms with E-state index in [2.05, 4.69) is 35.7 Å². The van der Waals surface area contributed by atoms with Crippen LogP contribution in [0.1, 0.15) is 38.9 Å². The summed E-state index contributed by atoms with van der Waals surface area (Å²) in [6, 6.07) is 0. The maximum atomic E-state index is 6.21. The smallest absolute Gasteiger partial charge is 0.245 e. The first-order valence-corrected chi connectivity index (χ1v) is 6.21. The Morgan fingerprint density at radius 2 is 2.00 bits per heavy atom. The lowest BCUT2D eigenvalue weighted by atomic mass is 10.1. The zero-order valence-corrected chi connectivity index (χ0v) is 12.0. The van der Waals surface area contributed by atoms with Gasteiger partial charge in [-0.2, -0.15) is 4.98 Å². The predicted molar refractivity (Wildman–Crippen MR) is 71.1 cm³/mol. The summed E-state index contributed by atoms with van der Waals surface area (Å²) in [5, 5.41) is -0.205. The summed E-state index contributed by atoms with van der Waals surface area (Å²) in [7, 11) is 1.57. The normalized spacial score (nSPS) is 13.9. The van der Waals surface area contributed by atoms with Gasteiger partial charge in [-0.05, 0) is 27.7 Å². The van der Waals surface area contributed by atoms with Crippen molar-refractivity contribution in [1.82, 2.24) is 19.5 Å². The standard InChI is InChI=1S/C12H17ClN4O/c1-7(13)9-16-8-10(17(9)12(2,3)4)14-6-15-11(8)18-5/h6-7H,1-5H3. The van der Waals surface area contributed by atoms with Gasteiger partial charge >= 0.3 is 0 Å². The number of halogens is 1. The quantitative estimate of drug-likeness (QED) is 0.786. The number of imidazole rings is 1. The third-order valence-corrected chi connectivity index (χ3v) is 2.85. The Bertz CT molecular complexity index is 571. The molecule has 0 N–H and O–H groups in total. The van der Waals surface area contributed by atoms with E-state index in [1.165, 1.54) is 6.33 Å². The van der Waals surface area contributed by atoms with E-state index < -0.39 is 0 Å². The zero-order valence-electron chi connectivity index (χ0n) is 11.2. The molecule has 0 amide bonds. The van der Waals surface area contributed by atoms with E-state index in [-0.39, 0.29) is 10.9 Å². The molecule has 0 bridgehead atoms. The molecule has 1 atom stereocenters. The van der Waals surface area contributed by atoms with E-state index in [0.29, 0.717) is 11.4 Å². The van der Waals surface area contributed by atoms with Gasteiger partial charge in [-0.15, -0.1) is 11.6 Å². The molecule has 2 aromatic rings. The fourth-order valence-corrected chi connectivity index (χ4v) is 2.11. The van der Waals surface area contributed by atoms with Crippen LogP contribution in [0.25, 0.3) is 11.2 Å². The van der Waals surface area contributed by atoms with E-state index in [1.807, 2.05) is 11.5 Å². The summed E-state index contributed by atoms with van der Waals surface area (Å²) < 4.78 is 7.25. The van der Waals surface area contributed by atoms with Gasteiger partial charge in [0.05, 0.1) is 12.5 Å². The van der Waals surface area contributed by atoms with Crippen LogP contribution < -0.4 is 4.74 Å². The molecule has 6 heteroatoms. The number of alkyl halides is 1. The van der Waals surface area contributed by atoms with Crippen molar-refractivity contribution in [3.8, 4) is 5.88 Å². The van der Waals surface area contributed by atoms with Gasteiger partial charge in [0.15, 0.2) is 11.2 Å². The van der Waals surface area contributed by atoms with E-state index in [0.717, 1.165) is 11.5 Å². The van der Waals surface area contributed by atoms with Gasteiger partial charge in [-0.3, -0.25) is 0 Å². The highest BCUT2D eigenvalue weighted by Gasteiger charge is 2.26. The first kappa shape index (κ1) is 13.1. The molecule has 0 radical (unpaired) electrons. The van der Waals surface area contributed by atoms with Crippen molar-refractivity contribution in [3.63, 3.8) is 0 Å². The second-order valence-electron chi connectivity index (χ2n) is 5.15. The molecule has 18 heavy (non-hydrogen) atoms. The van der Waals surface area contributed by atoms with Crippen LogP contribution >= 0.6 is 11.6 Å². The molecular formula is C12H17ClN4O. The lowest BCUT2D eigenvalue weighted by Gasteiger charge is -2.24. The molecule has 2 aromatic heterocycles. The molecule has 0 saturated heterocycles. The Hall–Kier alpha value is -1.36. The monoisotopic (exact) mass is 268 g/mol. The number of nitrogens with zero attached hydrogens (tertiary/aromatic N) is 4. The molecule has 0 fully saturated rings. The average molecular weight is 269 g/mol. The van der Waals surface area contributed by atoms with Crippen LogP contribution in [0.5, 0.6) is 5.88 Å². The fourth-order valence-electron chi connectivity index (χ4n) is 1.97. The number of fused-ring (bicyclic) bond motifs is 1. The summed E-state index contributed by atoms with van der Waals surface area (Å²) in [4.78, 5) is 12.9. The lowest BCUT2D eigenvalue weighted by Crippen LogP contribution is -2.24. The lowest BCUT2D eigenvalue weighted by molar-refractivity contribution is 0.390. The molecule has 0 aliphatic carbocycles. The van der Waals surface area contributed by atoms with Crippen LogP contribution in [0.4, 0.5) is 0 Å². The third kappa shape index (κ3) is 2.03. The second kappa shape index (κ2) is 4.39. The van der Waals surface area contributed by atoms with Crippen LogP contribution in [0.3, 0.4) is 0 Å². The Kier molecular flexibility index (Phi) is 3.19. The second-order valence-corrected chi connectivity index (χ2v) is 5.80. The van der Waals surface area contributed by atoms with Crippen molar-refractivity contribution >= 4 is 22.8 Å². The fraction of sp³-hybridized carbons (Fsp3) is 0.583. The van der Waals surface area contributed by atoms with E-state index >= 15 is 0 Å². The number of methoxy groups -OCH3 is 1. The number of hydrogen-bond acceptors (Lipinski definition) is 4. The molecule has 0 aliphatic rings. The van der Waals surface area contributed by atoms with Gasteiger partial charge in [-0.25, -0.2) is 9.97 Å². The number of aromatic nitrogens is 4. The van der Waals surface area contributed by atoms with Crippen LogP contribution in [0, 0.1) is 0 Å². The highest BCUT2D eigenvalue weighted by molar-refractivity contribution is 6.20. The molecule has 0 spiro atoms. The summed E-state index contributed by atoms with van der Waals surface area (Å²) in [6.07, 6.45) is 1.48. The Labute approximate surface area is 111 Å². The molecule has 0 aromatic carbocycles. The van der Waals surface area contributed by atoms with Crippen LogP contribution in [0.15, 0.2) is 6.33 Å². The molecule has 0 aliphatic heterocycles. The third-order valence-electron chi connectivity index (χ3n) is 2.66. The molecule has 2 rings (SSSR count). The van der Waals surface area contributed by atoms with Crippen molar-refractivity contribution in [1.29, 1.82) is 0 Å². The van der Waals surface area contributed by atoms with Crippen LogP contribution in [-0.2, 0) is 5.54 Å². The number of hydrogen-bond donors (Lipinski definition) is 0. The van der Waals surface area contributed by atoms with Crippen molar-refractivity contribution in [2.45, 2.75) is 38.6 Å². The Balaban J connectivity index is 2.84. The summed E-state index contributed by atoms with van der Waals surface area (Å²) >= 11 is 6.21. The molecular weight excluding hydrogens is 252 g/mol. The SMILES string of the molecule is COc1ncnc2c1nc(C(C)Cl)n2C(C)(C)C. The predicted octanol–water partition coefficient (Wildman–Crippen LogP) is 2.89. The van der Waals surface area contributed by atoms with Gasteiger partial charge < -0.3 is 9.30 Å². The summed E-state index contributed by atoms with van der Waals surface area (Å²) in [5.74, 6) is 1.25. The highest BCUT2D eigenvalue weighted by atomic mass is 35.5. The minimum absolute atomic E-state index is 0.160. The van der Waals surface area contributed by atoms with Gasteiger partial charge in [0.1, 0.15) is 12.2 Å². The van der Waals surface area contributed by atoms with Crippen LogP contribution in [0.2, 0.25) is 0 Å². The maximum Gasteiger partial charge on any atom is 0.245 e. The van der Waals surface area contributed by atoms with Crippen molar-refractivity contribution in [3.05, 3.63) is 12.2 Å². The number of ether oxygens (including phenoxy) is 1. The van der Waals surface area contributed by atoms with E-state index in [4.69, 9.17) is 16.3 Å². The van der Waals surface area contributed by atoms with Crippen LogP contribution in [-0.4, -0.2) is 26.6 Å². The van der Waals surface area contributed by atoms with Crippen molar-refractivity contribution in [2.24, 2.45) is 0 Å². The first-order valence-electron chi connectivity index (χ1n) is 5.78. The maximum absolute atomic E-state index is 6.21. The van der Waals surface area contributed by atoms with Gasteiger partial charge in [0.25, 0.3) is 0 Å². The summed E-state index contributed by atoms with van der Waals surface area (Å²) in [5.41, 5.74) is 1.24. The van der Waals surface area contributed by atoms with Gasteiger partial charge in [-0.1, -0.05) is 0 Å². The van der Waals surface area contributed by atoms with Gasteiger partial charge in [0, 0.05) is 5.54 Å². The minimum Gasteiger partial charge on any atom is -0.479 e. The topological polar surface area (TPSA) is 52.8 Å². The van der Waals surface area contributed by atoms with E-state index in [9.17, 15) is 0 Å². The zero-order chi connectivity index (χ0) is 13.5. The van der Waals surface area contributed by atoms with Crippen molar-refractivity contribution < 1.29 is 4.74 Å². The average Bonchev–Trinajstić information content (AvgIpc) is 2.67. The largest absolute Gasteiger partial charge is 0.479 e. The first-order chi connectivity index (χ1) is 8.36. The molecule has 1 unspecified atom stereocenters. The minimum atomic E-state index is -0.205. The summed E-state index contributed by atoms with van der Waals surface area (Å²) in [6.45, 7) is 8.16. The van der Waals surface area contributed by atoms with Crippen molar-refractivity contribution in [2.75, 3.05) is 7.11 Å². The van der Waals surface area contributed by atoms with E-state index in [1.54, 1.807) is 7.11 Å². The van der Waals surface area contributed by atoms with Gasteiger partial charge in [0.2, 0.25) is 5.88 Å².